The molecule has 3 heteroatoms. The van der Waals surface area contributed by atoms with Crippen molar-refractivity contribution >= 4 is 11.4 Å². The van der Waals surface area contributed by atoms with E-state index in [1.807, 2.05) is 6.07 Å². The Kier molecular flexibility index (Phi) is 4.73. The SMILES string of the molecule is c1ccc(CN2c3ccccc3[C@@H]3C(c4ccccc4)=NO[C@@H]3C2c2ccccc2)cc1. The molecule has 3 atom stereocenters. The van der Waals surface area contributed by atoms with Crippen LogP contribution in [0.1, 0.15) is 34.2 Å². The maximum absolute atomic E-state index is 6.26. The lowest BCUT2D eigenvalue weighted by atomic mass is 9.76. The van der Waals surface area contributed by atoms with Gasteiger partial charge in [0.05, 0.1) is 17.7 Å². The summed E-state index contributed by atoms with van der Waals surface area (Å²) in [5.74, 6) is 0.0887. The van der Waals surface area contributed by atoms with Crippen molar-refractivity contribution in [2.24, 2.45) is 5.16 Å². The maximum atomic E-state index is 6.26. The maximum Gasteiger partial charge on any atom is 0.164 e. The number of anilines is 1. The number of benzene rings is 4. The molecule has 4 aromatic carbocycles. The summed E-state index contributed by atoms with van der Waals surface area (Å²) in [5.41, 5.74) is 7.20. The van der Waals surface area contributed by atoms with E-state index in [0.717, 1.165) is 17.8 Å². The van der Waals surface area contributed by atoms with Gasteiger partial charge >= 0.3 is 0 Å². The van der Waals surface area contributed by atoms with Gasteiger partial charge in [-0.25, -0.2) is 0 Å². The fraction of sp³-hybridized carbons (Fsp3) is 0.138. The van der Waals surface area contributed by atoms with Crippen LogP contribution in [0.2, 0.25) is 0 Å². The molecule has 0 aliphatic carbocycles. The van der Waals surface area contributed by atoms with Gasteiger partial charge in [-0.1, -0.05) is 114 Å². The molecular weight excluding hydrogens is 392 g/mol. The van der Waals surface area contributed by atoms with E-state index in [9.17, 15) is 0 Å². The Labute approximate surface area is 188 Å². The van der Waals surface area contributed by atoms with Gasteiger partial charge in [0.1, 0.15) is 0 Å². The zero-order valence-electron chi connectivity index (χ0n) is 17.7. The van der Waals surface area contributed by atoms with Crippen LogP contribution in [-0.4, -0.2) is 11.8 Å². The third-order valence-electron chi connectivity index (χ3n) is 6.53. The van der Waals surface area contributed by atoms with Crippen molar-refractivity contribution in [3.8, 4) is 0 Å². The lowest BCUT2D eigenvalue weighted by Crippen LogP contribution is -2.44. The first kappa shape index (κ1) is 18.9. The van der Waals surface area contributed by atoms with Gasteiger partial charge in [0.2, 0.25) is 0 Å². The second kappa shape index (κ2) is 8.01. The molecule has 1 unspecified atom stereocenters. The summed E-state index contributed by atoms with van der Waals surface area (Å²) in [6, 6.07) is 40.6. The van der Waals surface area contributed by atoms with Crippen molar-refractivity contribution in [2.75, 3.05) is 4.90 Å². The summed E-state index contributed by atoms with van der Waals surface area (Å²) in [5, 5.41) is 4.66. The molecule has 0 radical (unpaired) electrons. The monoisotopic (exact) mass is 416 g/mol. The molecule has 0 bridgehead atoms. The molecule has 0 aromatic heterocycles. The topological polar surface area (TPSA) is 24.8 Å². The lowest BCUT2D eigenvalue weighted by Gasteiger charge is -2.44. The summed E-state index contributed by atoms with van der Waals surface area (Å²) in [4.78, 5) is 8.75. The molecular formula is C29H24N2O. The van der Waals surface area contributed by atoms with Gasteiger partial charge in [-0.05, 0) is 22.8 Å². The Bertz CT molecular complexity index is 1240. The van der Waals surface area contributed by atoms with E-state index >= 15 is 0 Å². The zero-order chi connectivity index (χ0) is 21.3. The van der Waals surface area contributed by atoms with E-state index in [1.54, 1.807) is 0 Å². The Balaban J connectivity index is 1.51. The summed E-state index contributed by atoms with van der Waals surface area (Å²) >= 11 is 0. The van der Waals surface area contributed by atoms with Crippen LogP contribution in [0.15, 0.2) is 120 Å². The highest BCUT2D eigenvalue weighted by Gasteiger charge is 2.49. The van der Waals surface area contributed by atoms with Crippen LogP contribution >= 0.6 is 0 Å². The molecule has 6 rings (SSSR count). The number of hydrogen-bond donors (Lipinski definition) is 0. The fourth-order valence-electron chi connectivity index (χ4n) is 5.12. The molecule has 2 heterocycles. The highest BCUT2D eigenvalue weighted by Crippen LogP contribution is 2.50. The van der Waals surface area contributed by atoms with Crippen LogP contribution in [0, 0.1) is 0 Å². The van der Waals surface area contributed by atoms with E-state index in [2.05, 4.69) is 119 Å². The molecule has 3 nitrogen and oxygen atoms in total. The lowest BCUT2D eigenvalue weighted by molar-refractivity contribution is 0.0497. The minimum atomic E-state index is -0.0915. The number of rotatable bonds is 4. The molecule has 0 fully saturated rings. The van der Waals surface area contributed by atoms with Crippen LogP contribution < -0.4 is 4.90 Å². The van der Waals surface area contributed by atoms with Crippen molar-refractivity contribution in [1.29, 1.82) is 0 Å². The molecule has 0 saturated carbocycles. The Morgan fingerprint density at radius 3 is 2.06 bits per heavy atom. The van der Waals surface area contributed by atoms with E-state index in [-0.39, 0.29) is 18.1 Å². The molecule has 0 spiro atoms. The van der Waals surface area contributed by atoms with Gasteiger partial charge in [0.25, 0.3) is 0 Å². The van der Waals surface area contributed by atoms with Crippen molar-refractivity contribution in [3.05, 3.63) is 138 Å². The van der Waals surface area contributed by atoms with Crippen LogP contribution in [-0.2, 0) is 11.4 Å². The molecule has 0 amide bonds. The summed E-state index contributed by atoms with van der Waals surface area (Å²) in [6.45, 7) is 0.810. The molecule has 156 valence electrons. The van der Waals surface area contributed by atoms with Gasteiger partial charge in [-0.15, -0.1) is 0 Å². The van der Waals surface area contributed by atoms with E-state index in [1.165, 1.54) is 22.4 Å². The normalized spacial score (nSPS) is 21.3. The quantitative estimate of drug-likeness (QED) is 0.388. The van der Waals surface area contributed by atoms with Crippen molar-refractivity contribution in [2.45, 2.75) is 24.6 Å². The highest BCUT2D eigenvalue weighted by atomic mass is 16.6. The number of nitrogens with zero attached hydrogens (tertiary/aromatic N) is 2. The largest absolute Gasteiger partial charge is 0.389 e. The van der Waals surface area contributed by atoms with Crippen LogP contribution in [0.25, 0.3) is 0 Å². The molecule has 4 aromatic rings. The van der Waals surface area contributed by atoms with Crippen LogP contribution in [0.5, 0.6) is 0 Å². The predicted octanol–water partition coefficient (Wildman–Crippen LogP) is 6.33. The van der Waals surface area contributed by atoms with E-state index in [4.69, 9.17) is 4.84 Å². The second-order valence-electron chi connectivity index (χ2n) is 8.42. The predicted molar refractivity (Wildman–Crippen MR) is 129 cm³/mol. The first-order valence-corrected chi connectivity index (χ1v) is 11.1. The van der Waals surface area contributed by atoms with Gasteiger partial charge in [0.15, 0.2) is 6.10 Å². The first-order valence-electron chi connectivity index (χ1n) is 11.1. The number of fused-ring (bicyclic) bond motifs is 3. The molecule has 32 heavy (non-hydrogen) atoms. The van der Waals surface area contributed by atoms with Crippen molar-refractivity contribution in [3.63, 3.8) is 0 Å². The van der Waals surface area contributed by atoms with Crippen molar-refractivity contribution < 1.29 is 4.84 Å². The minimum absolute atomic E-state index is 0.0567. The number of para-hydroxylation sites is 1. The van der Waals surface area contributed by atoms with Gasteiger partial charge < -0.3 is 9.74 Å². The minimum Gasteiger partial charge on any atom is -0.389 e. The third kappa shape index (κ3) is 3.18. The van der Waals surface area contributed by atoms with Gasteiger partial charge in [-0.2, -0.15) is 0 Å². The Morgan fingerprint density at radius 2 is 1.31 bits per heavy atom. The van der Waals surface area contributed by atoms with Crippen LogP contribution in [0.4, 0.5) is 5.69 Å². The molecule has 0 saturated heterocycles. The standard InChI is InChI=1S/C29H24N2O/c1-4-12-21(13-5-1)20-31-25-19-11-10-18-24(25)26-27(22-14-6-2-7-15-22)30-32-29(26)28(31)23-16-8-3-9-17-23/h1-19,26,28-29H,20H2/t26-,28?,29+/m1/s1. The fourth-order valence-corrected chi connectivity index (χ4v) is 5.12. The zero-order valence-corrected chi connectivity index (χ0v) is 17.7. The van der Waals surface area contributed by atoms with Gasteiger partial charge in [-0.3, -0.25) is 0 Å². The van der Waals surface area contributed by atoms with Gasteiger partial charge in [0, 0.05) is 17.8 Å². The second-order valence-corrected chi connectivity index (χ2v) is 8.42. The van der Waals surface area contributed by atoms with Crippen molar-refractivity contribution in [1.82, 2.24) is 0 Å². The number of oxime groups is 1. The summed E-state index contributed by atoms with van der Waals surface area (Å²) in [6.07, 6.45) is -0.0915. The highest BCUT2D eigenvalue weighted by molar-refractivity contribution is 6.07. The molecule has 2 aliphatic heterocycles. The molecule has 0 N–H and O–H groups in total. The first-order chi connectivity index (χ1) is 15.9. The molecule has 2 aliphatic rings. The Hall–Kier alpha value is -3.85. The average Bonchev–Trinajstić information content (AvgIpc) is 3.31. The average molecular weight is 417 g/mol. The summed E-state index contributed by atoms with van der Waals surface area (Å²) < 4.78 is 0. The summed E-state index contributed by atoms with van der Waals surface area (Å²) in [7, 11) is 0. The Morgan fingerprint density at radius 1 is 0.688 bits per heavy atom. The van der Waals surface area contributed by atoms with E-state index < -0.39 is 0 Å². The smallest absolute Gasteiger partial charge is 0.164 e. The number of hydrogen-bond acceptors (Lipinski definition) is 3. The van der Waals surface area contributed by atoms with Crippen LogP contribution in [0.3, 0.4) is 0 Å². The third-order valence-corrected chi connectivity index (χ3v) is 6.53. The van der Waals surface area contributed by atoms with E-state index in [0.29, 0.717) is 0 Å².